The molecule has 0 radical (unpaired) electrons. The first-order chi connectivity index (χ1) is 9.08. The normalized spacial score (nSPS) is 10.7. The number of nitrogens with two attached hydrogens (primary N) is 1. The van der Waals surface area contributed by atoms with Crippen LogP contribution in [0.3, 0.4) is 0 Å². The third kappa shape index (κ3) is 3.44. The summed E-state index contributed by atoms with van der Waals surface area (Å²) in [6.07, 6.45) is 0.655. The summed E-state index contributed by atoms with van der Waals surface area (Å²) in [4.78, 5) is 8.84. The van der Waals surface area contributed by atoms with Gasteiger partial charge in [0.2, 0.25) is 0 Å². The van der Waals surface area contributed by atoms with Crippen LogP contribution in [-0.4, -0.2) is 17.1 Å². The van der Waals surface area contributed by atoms with Crippen molar-refractivity contribution in [3.8, 4) is 5.75 Å². The molecule has 2 N–H and O–H groups in total. The molecule has 0 aliphatic heterocycles. The van der Waals surface area contributed by atoms with E-state index >= 15 is 0 Å². The van der Waals surface area contributed by atoms with Crippen molar-refractivity contribution < 1.29 is 4.74 Å². The minimum atomic E-state index is 0.342. The summed E-state index contributed by atoms with van der Waals surface area (Å²) in [5.74, 6) is 2.45. The van der Waals surface area contributed by atoms with Gasteiger partial charge < -0.3 is 10.5 Å². The Morgan fingerprint density at radius 1 is 1.21 bits per heavy atom. The predicted octanol–water partition coefficient (Wildman–Crippen LogP) is 2.78. The lowest BCUT2D eigenvalue weighted by molar-refractivity contribution is 0.414. The molecule has 100 valence electrons. The molecule has 1 aromatic heterocycles. The fraction of sp³-hybridized carbons (Fsp3) is 0.333. The van der Waals surface area contributed by atoms with Gasteiger partial charge in [0.05, 0.1) is 7.11 Å². The molecule has 0 fully saturated rings. The fourth-order valence-corrected chi connectivity index (χ4v) is 1.88. The molecule has 1 aromatic carbocycles. The van der Waals surface area contributed by atoms with E-state index in [0.29, 0.717) is 18.2 Å². The minimum Gasteiger partial charge on any atom is -0.497 e. The molecular weight excluding hydrogens is 238 g/mol. The summed E-state index contributed by atoms with van der Waals surface area (Å²) in [7, 11) is 1.66. The van der Waals surface area contributed by atoms with Crippen LogP contribution < -0.4 is 10.5 Å². The van der Waals surface area contributed by atoms with E-state index in [4.69, 9.17) is 10.5 Å². The van der Waals surface area contributed by atoms with Gasteiger partial charge in [-0.3, -0.25) is 0 Å². The first-order valence-corrected chi connectivity index (χ1v) is 6.34. The average molecular weight is 257 g/mol. The molecule has 1 heterocycles. The quantitative estimate of drug-likeness (QED) is 0.915. The molecule has 19 heavy (non-hydrogen) atoms. The number of rotatable bonds is 4. The third-order valence-electron chi connectivity index (χ3n) is 2.90. The van der Waals surface area contributed by atoms with Crippen LogP contribution in [0.5, 0.6) is 5.75 Å². The van der Waals surface area contributed by atoms with Crippen molar-refractivity contribution >= 4 is 5.82 Å². The highest BCUT2D eigenvalue weighted by atomic mass is 16.5. The maximum atomic E-state index is 5.83. The van der Waals surface area contributed by atoms with Crippen LogP contribution in [0.25, 0.3) is 0 Å². The van der Waals surface area contributed by atoms with E-state index < -0.39 is 0 Å². The van der Waals surface area contributed by atoms with Crippen LogP contribution in [0, 0.1) is 0 Å². The number of hydrogen-bond acceptors (Lipinski definition) is 4. The molecule has 0 saturated heterocycles. The Morgan fingerprint density at radius 3 is 2.68 bits per heavy atom. The van der Waals surface area contributed by atoms with Crippen LogP contribution in [0.2, 0.25) is 0 Å². The Hall–Kier alpha value is -2.10. The standard InChI is InChI=1S/C15H19N3O/c1-10(2)13-9-14(16)18-15(17-13)8-11-5-4-6-12(7-11)19-3/h4-7,9-10H,8H2,1-3H3,(H2,16,17,18). The molecule has 2 rings (SSSR count). The smallest absolute Gasteiger partial charge is 0.135 e. The maximum Gasteiger partial charge on any atom is 0.135 e. The number of anilines is 1. The lowest BCUT2D eigenvalue weighted by Gasteiger charge is -2.09. The Morgan fingerprint density at radius 2 is 2.00 bits per heavy atom. The molecule has 0 bridgehead atoms. The maximum absolute atomic E-state index is 5.83. The summed E-state index contributed by atoms with van der Waals surface area (Å²) >= 11 is 0. The topological polar surface area (TPSA) is 61.0 Å². The Kier molecular flexibility index (Phi) is 4.00. The van der Waals surface area contributed by atoms with Crippen molar-refractivity contribution in [2.45, 2.75) is 26.2 Å². The minimum absolute atomic E-state index is 0.342. The lowest BCUT2D eigenvalue weighted by atomic mass is 10.1. The lowest BCUT2D eigenvalue weighted by Crippen LogP contribution is -2.05. The second kappa shape index (κ2) is 5.69. The van der Waals surface area contributed by atoms with E-state index in [9.17, 15) is 0 Å². The molecule has 0 unspecified atom stereocenters. The Labute approximate surface area is 113 Å². The van der Waals surface area contributed by atoms with Gasteiger partial charge in [-0.2, -0.15) is 0 Å². The zero-order valence-electron chi connectivity index (χ0n) is 11.6. The number of benzene rings is 1. The summed E-state index contributed by atoms with van der Waals surface area (Å²) in [6, 6.07) is 9.73. The molecule has 0 aliphatic rings. The molecule has 4 nitrogen and oxygen atoms in total. The second-order valence-corrected chi connectivity index (χ2v) is 4.82. The van der Waals surface area contributed by atoms with Gasteiger partial charge in [0.1, 0.15) is 17.4 Å². The number of aromatic nitrogens is 2. The van der Waals surface area contributed by atoms with E-state index in [2.05, 4.69) is 23.8 Å². The molecule has 0 saturated carbocycles. The highest BCUT2D eigenvalue weighted by molar-refractivity contribution is 5.34. The van der Waals surface area contributed by atoms with E-state index in [1.807, 2.05) is 30.3 Å². The highest BCUT2D eigenvalue weighted by Crippen LogP contribution is 2.18. The fourth-order valence-electron chi connectivity index (χ4n) is 1.88. The number of hydrogen-bond donors (Lipinski definition) is 1. The highest BCUT2D eigenvalue weighted by Gasteiger charge is 2.07. The van der Waals surface area contributed by atoms with Gasteiger partial charge in [-0.15, -0.1) is 0 Å². The number of nitrogens with zero attached hydrogens (tertiary/aromatic N) is 2. The van der Waals surface area contributed by atoms with Crippen molar-refractivity contribution in [1.82, 2.24) is 9.97 Å². The van der Waals surface area contributed by atoms with Crippen LogP contribution >= 0.6 is 0 Å². The zero-order valence-corrected chi connectivity index (χ0v) is 11.6. The third-order valence-corrected chi connectivity index (χ3v) is 2.90. The van der Waals surface area contributed by atoms with Gasteiger partial charge in [-0.05, 0) is 23.6 Å². The van der Waals surface area contributed by atoms with Crippen molar-refractivity contribution in [2.75, 3.05) is 12.8 Å². The van der Waals surface area contributed by atoms with E-state index in [1.54, 1.807) is 7.11 Å². The first kappa shape index (κ1) is 13.3. The molecule has 4 heteroatoms. The van der Waals surface area contributed by atoms with Gasteiger partial charge in [-0.1, -0.05) is 26.0 Å². The van der Waals surface area contributed by atoms with E-state index in [0.717, 1.165) is 22.8 Å². The van der Waals surface area contributed by atoms with Crippen molar-refractivity contribution in [3.63, 3.8) is 0 Å². The van der Waals surface area contributed by atoms with Gasteiger partial charge in [0, 0.05) is 18.2 Å². The zero-order chi connectivity index (χ0) is 13.8. The van der Waals surface area contributed by atoms with Gasteiger partial charge in [0.25, 0.3) is 0 Å². The SMILES string of the molecule is COc1cccc(Cc2nc(N)cc(C(C)C)n2)c1. The average Bonchev–Trinajstić information content (AvgIpc) is 2.38. The molecule has 0 amide bonds. The number of nitrogen functional groups attached to an aromatic ring is 1. The monoisotopic (exact) mass is 257 g/mol. The molecule has 0 aliphatic carbocycles. The Balaban J connectivity index is 2.27. The number of methoxy groups -OCH3 is 1. The van der Waals surface area contributed by atoms with Gasteiger partial charge >= 0.3 is 0 Å². The van der Waals surface area contributed by atoms with Crippen molar-refractivity contribution in [2.24, 2.45) is 0 Å². The van der Waals surface area contributed by atoms with Crippen LogP contribution in [0.1, 0.15) is 36.8 Å². The Bertz CT molecular complexity index is 567. The second-order valence-electron chi connectivity index (χ2n) is 4.82. The predicted molar refractivity (Wildman–Crippen MR) is 76.3 cm³/mol. The van der Waals surface area contributed by atoms with Crippen LogP contribution in [0.15, 0.2) is 30.3 Å². The van der Waals surface area contributed by atoms with E-state index in [-0.39, 0.29) is 0 Å². The molecule has 0 spiro atoms. The van der Waals surface area contributed by atoms with Crippen molar-refractivity contribution in [1.29, 1.82) is 0 Å². The van der Waals surface area contributed by atoms with Crippen LogP contribution in [-0.2, 0) is 6.42 Å². The van der Waals surface area contributed by atoms with Crippen molar-refractivity contribution in [3.05, 3.63) is 47.4 Å². The summed E-state index contributed by atoms with van der Waals surface area (Å²) in [5, 5.41) is 0. The van der Waals surface area contributed by atoms with Gasteiger partial charge in [0.15, 0.2) is 0 Å². The van der Waals surface area contributed by atoms with Gasteiger partial charge in [-0.25, -0.2) is 9.97 Å². The summed E-state index contributed by atoms with van der Waals surface area (Å²) in [6.45, 7) is 4.19. The number of ether oxygens (including phenoxy) is 1. The summed E-state index contributed by atoms with van der Waals surface area (Å²) < 4.78 is 5.21. The molecular formula is C15H19N3O. The van der Waals surface area contributed by atoms with E-state index in [1.165, 1.54) is 0 Å². The summed E-state index contributed by atoms with van der Waals surface area (Å²) in [5.41, 5.74) is 7.92. The first-order valence-electron chi connectivity index (χ1n) is 6.34. The molecule has 2 aromatic rings. The largest absolute Gasteiger partial charge is 0.497 e. The molecule has 0 atom stereocenters. The van der Waals surface area contributed by atoms with Crippen LogP contribution in [0.4, 0.5) is 5.82 Å².